The number of nitrogens with two attached hydrogens (primary N) is 1. The van der Waals surface area contributed by atoms with Gasteiger partial charge < -0.3 is 9.80 Å². The van der Waals surface area contributed by atoms with Gasteiger partial charge in [0.15, 0.2) is 0 Å². The molecular formula is C8H22N3O3P. The van der Waals surface area contributed by atoms with Gasteiger partial charge in [0.1, 0.15) is 0 Å². The van der Waals surface area contributed by atoms with E-state index in [1.54, 1.807) is 0 Å². The van der Waals surface area contributed by atoms with Gasteiger partial charge in [0.05, 0.1) is 13.2 Å². The van der Waals surface area contributed by atoms with Crippen LogP contribution in [-0.4, -0.2) is 64.3 Å². The lowest BCUT2D eigenvalue weighted by Crippen LogP contribution is -2.21. The summed E-state index contributed by atoms with van der Waals surface area (Å²) in [6.45, 7) is 1.95. The van der Waals surface area contributed by atoms with E-state index in [4.69, 9.17) is 14.6 Å². The maximum Gasteiger partial charge on any atom is 0.402 e. The fourth-order valence-corrected chi connectivity index (χ4v) is 1.49. The fourth-order valence-electron chi connectivity index (χ4n) is 0.739. The summed E-state index contributed by atoms with van der Waals surface area (Å²) in [6.07, 6.45) is 0. The van der Waals surface area contributed by atoms with Gasteiger partial charge in [0.2, 0.25) is 0 Å². The van der Waals surface area contributed by atoms with Gasteiger partial charge in [-0.15, -0.1) is 0 Å². The third kappa shape index (κ3) is 10.3. The Hall–Kier alpha value is 0.0300. The maximum absolute atomic E-state index is 11.5. The normalized spacial score (nSPS) is 12.7. The van der Waals surface area contributed by atoms with Crippen LogP contribution in [0.3, 0.4) is 0 Å². The highest BCUT2D eigenvalue weighted by atomic mass is 31.2. The Balaban J connectivity index is 3.63. The number of nitrogens with zero attached hydrogens (tertiary/aromatic N) is 2. The molecule has 0 heterocycles. The van der Waals surface area contributed by atoms with E-state index in [0.717, 1.165) is 0 Å². The first-order valence-electron chi connectivity index (χ1n) is 4.80. The molecule has 0 aromatic rings. The predicted molar refractivity (Wildman–Crippen MR) is 60.8 cm³/mol. The van der Waals surface area contributed by atoms with Crippen LogP contribution < -0.4 is 5.50 Å². The molecule has 6 nitrogen and oxygen atoms in total. The summed E-state index contributed by atoms with van der Waals surface area (Å²) in [5.41, 5.74) is 5.36. The molecule has 0 aromatic heterocycles. The van der Waals surface area contributed by atoms with Gasteiger partial charge in [0.25, 0.3) is 0 Å². The van der Waals surface area contributed by atoms with E-state index in [0.29, 0.717) is 26.3 Å². The summed E-state index contributed by atoms with van der Waals surface area (Å²) in [4.78, 5) is 3.83. The Labute approximate surface area is 91.9 Å². The van der Waals surface area contributed by atoms with E-state index in [1.165, 1.54) is 0 Å². The molecule has 0 fully saturated rings. The molecule has 0 aliphatic rings. The van der Waals surface area contributed by atoms with Crippen molar-refractivity contribution in [2.75, 3.05) is 54.5 Å². The van der Waals surface area contributed by atoms with Crippen molar-refractivity contribution in [2.24, 2.45) is 5.50 Å². The van der Waals surface area contributed by atoms with Crippen LogP contribution >= 0.6 is 7.75 Å². The van der Waals surface area contributed by atoms with Crippen molar-refractivity contribution in [1.82, 2.24) is 9.80 Å². The van der Waals surface area contributed by atoms with Gasteiger partial charge in [-0.25, -0.2) is 10.1 Å². The molecule has 92 valence electrons. The minimum Gasteiger partial charge on any atom is -0.307 e. The molecule has 0 saturated carbocycles. The third-order valence-corrected chi connectivity index (χ3v) is 2.70. The second kappa shape index (κ2) is 7.33. The Morgan fingerprint density at radius 1 is 1.00 bits per heavy atom. The minimum atomic E-state index is -3.36. The summed E-state index contributed by atoms with van der Waals surface area (Å²) < 4.78 is 21.4. The van der Waals surface area contributed by atoms with Gasteiger partial charge in [-0.05, 0) is 28.2 Å². The molecule has 2 N–H and O–H groups in total. The molecule has 0 amide bonds. The van der Waals surface area contributed by atoms with E-state index >= 15 is 0 Å². The van der Waals surface area contributed by atoms with Gasteiger partial charge in [-0.3, -0.25) is 9.05 Å². The summed E-state index contributed by atoms with van der Waals surface area (Å²) in [7, 11) is 4.24. The van der Waals surface area contributed by atoms with Crippen LogP contribution in [0.1, 0.15) is 0 Å². The zero-order valence-corrected chi connectivity index (χ0v) is 10.9. The van der Waals surface area contributed by atoms with Crippen LogP contribution in [0.15, 0.2) is 0 Å². The Morgan fingerprint density at radius 3 is 1.60 bits per heavy atom. The highest BCUT2D eigenvalue weighted by molar-refractivity contribution is 7.51. The van der Waals surface area contributed by atoms with Crippen molar-refractivity contribution in [3.63, 3.8) is 0 Å². The van der Waals surface area contributed by atoms with Gasteiger partial charge >= 0.3 is 7.75 Å². The quantitative estimate of drug-likeness (QED) is 0.611. The predicted octanol–water partition coefficient (Wildman–Crippen LogP) is 0.210. The van der Waals surface area contributed by atoms with E-state index in [2.05, 4.69) is 0 Å². The third-order valence-electron chi connectivity index (χ3n) is 1.62. The first kappa shape index (κ1) is 15.0. The van der Waals surface area contributed by atoms with Crippen LogP contribution in [0.25, 0.3) is 0 Å². The van der Waals surface area contributed by atoms with Crippen LogP contribution in [0.2, 0.25) is 0 Å². The van der Waals surface area contributed by atoms with Crippen molar-refractivity contribution in [3.05, 3.63) is 0 Å². The minimum absolute atomic E-state index is 0.308. The molecule has 0 unspecified atom stereocenters. The summed E-state index contributed by atoms with van der Waals surface area (Å²) in [5, 5.41) is 0. The Bertz CT molecular complexity index is 193. The number of hydrogen-bond acceptors (Lipinski definition) is 5. The standard InChI is InChI=1S/C8H22N3O3P/c1-10(2)5-7-13-15(9,12)14-8-6-11(3)4/h5-8H2,1-4H3,(H2,9,12). The second-order valence-corrected chi connectivity index (χ2v) is 5.41. The molecule has 0 saturated heterocycles. The summed E-state index contributed by atoms with van der Waals surface area (Å²) in [6, 6.07) is 0. The largest absolute Gasteiger partial charge is 0.402 e. The van der Waals surface area contributed by atoms with E-state index in [1.807, 2.05) is 38.0 Å². The van der Waals surface area contributed by atoms with E-state index < -0.39 is 7.75 Å². The molecule has 0 aliphatic heterocycles. The average molecular weight is 239 g/mol. The average Bonchev–Trinajstić information content (AvgIpc) is 2.01. The molecule has 7 heteroatoms. The molecule has 0 bridgehead atoms. The number of likely N-dealkylation sites (N-methyl/N-ethyl adjacent to an activating group) is 2. The van der Waals surface area contributed by atoms with Crippen molar-refractivity contribution in [2.45, 2.75) is 0 Å². The smallest absolute Gasteiger partial charge is 0.307 e. The monoisotopic (exact) mass is 239 g/mol. The first-order chi connectivity index (χ1) is 6.83. The molecule has 0 spiro atoms. The van der Waals surface area contributed by atoms with Crippen LogP contribution in [-0.2, 0) is 13.6 Å². The van der Waals surface area contributed by atoms with Crippen molar-refractivity contribution in [3.8, 4) is 0 Å². The molecule has 0 atom stereocenters. The number of hydrogen-bond donors (Lipinski definition) is 1. The van der Waals surface area contributed by atoms with Crippen molar-refractivity contribution >= 4 is 7.75 Å². The second-order valence-electron chi connectivity index (χ2n) is 3.81. The lowest BCUT2D eigenvalue weighted by molar-refractivity contribution is 0.178. The van der Waals surface area contributed by atoms with Crippen molar-refractivity contribution < 1.29 is 13.6 Å². The summed E-state index contributed by atoms with van der Waals surface area (Å²) in [5.74, 6) is 0. The maximum atomic E-state index is 11.5. The molecule has 0 rings (SSSR count). The Morgan fingerprint density at radius 2 is 1.33 bits per heavy atom. The highest BCUT2D eigenvalue weighted by Gasteiger charge is 2.17. The van der Waals surface area contributed by atoms with Gasteiger partial charge in [-0.1, -0.05) is 0 Å². The van der Waals surface area contributed by atoms with E-state index in [9.17, 15) is 4.57 Å². The zero-order valence-electron chi connectivity index (χ0n) is 9.97. The van der Waals surface area contributed by atoms with E-state index in [-0.39, 0.29) is 0 Å². The lowest BCUT2D eigenvalue weighted by Gasteiger charge is -2.16. The molecule has 0 aliphatic carbocycles. The molecule has 0 radical (unpaired) electrons. The zero-order chi connectivity index (χ0) is 11.9. The SMILES string of the molecule is CN(C)CCOP(N)(=O)OCCN(C)C. The summed E-state index contributed by atoms with van der Waals surface area (Å²) >= 11 is 0. The van der Waals surface area contributed by atoms with Gasteiger partial charge in [-0.2, -0.15) is 0 Å². The van der Waals surface area contributed by atoms with Crippen LogP contribution in [0.5, 0.6) is 0 Å². The van der Waals surface area contributed by atoms with Gasteiger partial charge in [0, 0.05) is 13.1 Å². The molecule has 15 heavy (non-hydrogen) atoms. The van der Waals surface area contributed by atoms with Crippen molar-refractivity contribution in [1.29, 1.82) is 0 Å². The molecular weight excluding hydrogens is 217 g/mol. The highest BCUT2D eigenvalue weighted by Crippen LogP contribution is 2.38. The Kier molecular flexibility index (Phi) is 7.34. The lowest BCUT2D eigenvalue weighted by atomic mass is 10.6. The molecule has 0 aromatic carbocycles. The topological polar surface area (TPSA) is 68.0 Å². The van der Waals surface area contributed by atoms with Crippen LogP contribution in [0, 0.1) is 0 Å². The van der Waals surface area contributed by atoms with Crippen LogP contribution in [0.4, 0.5) is 0 Å². The fraction of sp³-hybridized carbons (Fsp3) is 1.00. The first-order valence-corrected chi connectivity index (χ1v) is 6.42. The number of rotatable bonds is 8.